The van der Waals surface area contributed by atoms with Crippen molar-refractivity contribution >= 4 is 0 Å². The van der Waals surface area contributed by atoms with E-state index < -0.39 is 5.41 Å². The minimum Gasteiger partial charge on any atom is -1.00 e. The molecule has 4 heteroatoms. The van der Waals surface area contributed by atoms with Crippen molar-refractivity contribution in [2.24, 2.45) is 5.92 Å². The van der Waals surface area contributed by atoms with Crippen molar-refractivity contribution in [1.82, 2.24) is 0 Å². The SMILES string of the molecule is C[N+]1(CCCOc2ccccc2)C2CCC1CC(CC(C#N)(c1ccccc1)c1ccccc1)C2.[Br-]. The molecule has 0 aliphatic carbocycles. The fraction of sp³-hybridized carbons (Fsp3) is 0.406. The molecular weight excluding hydrogens is 508 g/mol. The van der Waals surface area contributed by atoms with Crippen molar-refractivity contribution in [3.05, 3.63) is 102 Å². The summed E-state index contributed by atoms with van der Waals surface area (Å²) in [5.74, 6) is 1.53. The standard InChI is InChI=1S/C32H37N2O.BrH/c1-34(20-11-21-35-31-16-9-4-10-17-31)29-18-19-30(34)23-26(22-29)24-32(25-33,27-12-5-2-6-13-27)28-14-7-3-8-15-28;/h2-10,12-17,26,29-30H,11,18-24H2,1H3;1H/q+1;/p-1. The lowest BCUT2D eigenvalue weighted by Gasteiger charge is -2.48. The van der Waals surface area contributed by atoms with Gasteiger partial charge in [-0.15, -0.1) is 0 Å². The smallest absolute Gasteiger partial charge is 0.119 e. The van der Waals surface area contributed by atoms with Crippen LogP contribution in [0.4, 0.5) is 0 Å². The van der Waals surface area contributed by atoms with Gasteiger partial charge in [0, 0.05) is 32.1 Å². The van der Waals surface area contributed by atoms with Crippen molar-refractivity contribution in [1.29, 1.82) is 5.26 Å². The zero-order valence-electron chi connectivity index (χ0n) is 21.2. The Bertz CT molecular complexity index is 1080. The first-order valence-corrected chi connectivity index (χ1v) is 13.2. The van der Waals surface area contributed by atoms with Gasteiger partial charge >= 0.3 is 0 Å². The van der Waals surface area contributed by atoms with Gasteiger partial charge in [0.2, 0.25) is 0 Å². The predicted molar refractivity (Wildman–Crippen MR) is 141 cm³/mol. The van der Waals surface area contributed by atoms with Crippen molar-refractivity contribution in [2.75, 3.05) is 20.2 Å². The van der Waals surface area contributed by atoms with Gasteiger partial charge in [0.1, 0.15) is 11.2 Å². The highest BCUT2D eigenvalue weighted by Gasteiger charge is 2.52. The number of rotatable bonds is 9. The Morgan fingerprint density at radius 3 is 1.83 bits per heavy atom. The van der Waals surface area contributed by atoms with E-state index in [1.807, 2.05) is 42.5 Å². The largest absolute Gasteiger partial charge is 1.00 e. The molecule has 188 valence electrons. The van der Waals surface area contributed by atoms with E-state index >= 15 is 0 Å². The molecule has 36 heavy (non-hydrogen) atoms. The summed E-state index contributed by atoms with van der Waals surface area (Å²) in [6, 6.07) is 35.3. The molecule has 3 aromatic carbocycles. The molecule has 0 aromatic heterocycles. The van der Waals surface area contributed by atoms with Crippen LogP contribution in [0.5, 0.6) is 5.75 Å². The number of nitrogens with zero attached hydrogens (tertiary/aromatic N) is 2. The van der Waals surface area contributed by atoms with Crippen LogP contribution in [0.25, 0.3) is 0 Å². The fourth-order valence-electron chi connectivity index (χ4n) is 6.96. The number of piperidine rings is 1. The molecule has 2 aliphatic rings. The number of ether oxygens (including phenoxy) is 1. The van der Waals surface area contributed by atoms with E-state index in [4.69, 9.17) is 4.74 Å². The number of halogens is 1. The van der Waals surface area contributed by atoms with E-state index in [0.717, 1.165) is 36.3 Å². The van der Waals surface area contributed by atoms with Crippen molar-refractivity contribution in [3.8, 4) is 11.8 Å². The molecule has 0 amide bonds. The van der Waals surface area contributed by atoms with Crippen LogP contribution in [-0.2, 0) is 5.41 Å². The lowest BCUT2D eigenvalue weighted by Crippen LogP contribution is -3.00. The van der Waals surface area contributed by atoms with Gasteiger partial charge in [-0.2, -0.15) is 5.26 Å². The van der Waals surface area contributed by atoms with Gasteiger partial charge in [-0.25, -0.2) is 0 Å². The van der Waals surface area contributed by atoms with Crippen molar-refractivity contribution in [3.63, 3.8) is 0 Å². The average molecular weight is 546 g/mol. The molecule has 0 saturated carbocycles. The zero-order chi connectivity index (χ0) is 24.1. The highest BCUT2D eigenvalue weighted by molar-refractivity contribution is 5.46. The van der Waals surface area contributed by atoms with Crippen LogP contribution in [0.1, 0.15) is 49.7 Å². The van der Waals surface area contributed by atoms with Gasteiger partial charge in [-0.3, -0.25) is 0 Å². The Hall–Kier alpha value is -2.61. The average Bonchev–Trinajstić information content (AvgIpc) is 3.07. The Morgan fingerprint density at radius 1 is 0.833 bits per heavy atom. The second kappa shape index (κ2) is 11.6. The summed E-state index contributed by atoms with van der Waals surface area (Å²) in [5.41, 5.74) is 1.67. The summed E-state index contributed by atoms with van der Waals surface area (Å²) in [4.78, 5) is 0. The topological polar surface area (TPSA) is 33.0 Å². The van der Waals surface area contributed by atoms with Gasteiger partial charge in [0.25, 0.3) is 0 Å². The molecule has 0 N–H and O–H groups in total. The van der Waals surface area contributed by atoms with Gasteiger partial charge < -0.3 is 26.2 Å². The van der Waals surface area contributed by atoms with Crippen molar-refractivity contribution < 1.29 is 26.2 Å². The molecule has 2 heterocycles. The lowest BCUT2D eigenvalue weighted by atomic mass is 9.67. The van der Waals surface area contributed by atoms with Crippen LogP contribution in [0.15, 0.2) is 91.0 Å². The zero-order valence-corrected chi connectivity index (χ0v) is 22.8. The molecule has 2 atom stereocenters. The Labute approximate surface area is 227 Å². The van der Waals surface area contributed by atoms with Crippen LogP contribution >= 0.6 is 0 Å². The molecule has 3 nitrogen and oxygen atoms in total. The second-order valence-corrected chi connectivity index (χ2v) is 10.8. The van der Waals surface area contributed by atoms with Crippen LogP contribution in [0.2, 0.25) is 0 Å². The minimum atomic E-state index is -0.586. The summed E-state index contributed by atoms with van der Waals surface area (Å²) in [7, 11) is 2.48. The molecule has 0 radical (unpaired) electrons. The molecular formula is C32H37BrN2O. The first-order valence-electron chi connectivity index (χ1n) is 13.2. The third-order valence-corrected chi connectivity index (χ3v) is 8.83. The van der Waals surface area contributed by atoms with E-state index in [-0.39, 0.29) is 17.0 Å². The third-order valence-electron chi connectivity index (χ3n) is 8.83. The molecule has 3 aromatic rings. The van der Waals surface area contributed by atoms with Crippen LogP contribution in [-0.4, -0.2) is 36.8 Å². The lowest BCUT2D eigenvalue weighted by molar-refractivity contribution is -0.949. The summed E-state index contributed by atoms with van der Waals surface area (Å²) in [5, 5.41) is 10.6. The van der Waals surface area contributed by atoms with E-state index in [1.165, 1.54) is 36.7 Å². The minimum absolute atomic E-state index is 0. The van der Waals surface area contributed by atoms with Crippen molar-refractivity contribution in [2.45, 2.75) is 56.0 Å². The van der Waals surface area contributed by atoms with Gasteiger partial charge in [-0.1, -0.05) is 78.9 Å². The number of nitriles is 1. The summed E-state index contributed by atoms with van der Waals surface area (Å²) >= 11 is 0. The van der Waals surface area contributed by atoms with Gasteiger partial charge in [0.05, 0.1) is 38.4 Å². The molecule has 2 saturated heterocycles. The van der Waals surface area contributed by atoms with E-state index in [1.54, 1.807) is 0 Å². The normalized spacial score (nSPS) is 24.9. The summed E-state index contributed by atoms with van der Waals surface area (Å²) in [6.45, 7) is 1.95. The van der Waals surface area contributed by atoms with Crippen LogP contribution in [0, 0.1) is 17.2 Å². The molecule has 2 unspecified atom stereocenters. The van der Waals surface area contributed by atoms with E-state index in [9.17, 15) is 5.26 Å². The second-order valence-electron chi connectivity index (χ2n) is 10.8. The first-order chi connectivity index (χ1) is 17.1. The summed E-state index contributed by atoms with van der Waals surface area (Å²) < 4.78 is 7.17. The van der Waals surface area contributed by atoms with Gasteiger partial charge in [0.15, 0.2) is 0 Å². The Balaban J connectivity index is 0.00000304. The summed E-state index contributed by atoms with van der Waals surface area (Å²) in [6.07, 6.45) is 7.05. The molecule has 2 aliphatic heterocycles. The number of hydrogen-bond acceptors (Lipinski definition) is 2. The number of fused-ring (bicyclic) bond motifs is 2. The highest BCUT2D eigenvalue weighted by Crippen LogP contribution is 2.48. The maximum Gasteiger partial charge on any atom is 0.119 e. The molecule has 0 spiro atoms. The quantitative estimate of drug-likeness (QED) is 0.303. The van der Waals surface area contributed by atoms with E-state index in [0.29, 0.717) is 18.0 Å². The maximum atomic E-state index is 10.6. The van der Waals surface area contributed by atoms with Gasteiger partial charge in [-0.05, 0) is 35.6 Å². The highest BCUT2D eigenvalue weighted by atomic mass is 79.9. The third kappa shape index (κ3) is 5.24. The molecule has 2 bridgehead atoms. The monoisotopic (exact) mass is 544 g/mol. The van der Waals surface area contributed by atoms with Crippen LogP contribution < -0.4 is 21.7 Å². The molecule has 2 fully saturated rings. The maximum absolute atomic E-state index is 10.6. The number of hydrogen-bond donors (Lipinski definition) is 0. The van der Waals surface area contributed by atoms with E-state index in [2.05, 4.69) is 61.6 Å². The number of para-hydroxylation sites is 1. The Morgan fingerprint density at radius 2 is 1.33 bits per heavy atom. The van der Waals surface area contributed by atoms with Crippen LogP contribution in [0.3, 0.4) is 0 Å². The fourth-order valence-corrected chi connectivity index (χ4v) is 6.96. The predicted octanol–water partition coefficient (Wildman–Crippen LogP) is 3.75. The Kier molecular flexibility index (Phi) is 8.54. The number of benzene rings is 3. The number of quaternary nitrogens is 1. The first kappa shape index (κ1) is 26.5. The molecule has 5 rings (SSSR count).